The minimum Gasteiger partial charge on any atom is -0.480 e. The second-order valence-electron chi connectivity index (χ2n) is 5.18. The van der Waals surface area contributed by atoms with Gasteiger partial charge in [-0.2, -0.15) is 27.0 Å². The molecule has 0 atom stereocenters. The monoisotopic (exact) mass is 320 g/mol. The van der Waals surface area contributed by atoms with Crippen LogP contribution < -0.4 is 19.9 Å². The van der Waals surface area contributed by atoms with Gasteiger partial charge in [-0.05, 0) is 0 Å². The van der Waals surface area contributed by atoms with Crippen LogP contribution in [0.25, 0.3) is 0 Å². The fourth-order valence-electron chi connectivity index (χ4n) is 2.67. The van der Waals surface area contributed by atoms with E-state index in [1.165, 1.54) is 0 Å². The minimum absolute atomic E-state index is 0.374. The summed E-state index contributed by atoms with van der Waals surface area (Å²) in [6, 6.07) is 2.21. The average molecular weight is 320 g/mol. The minimum atomic E-state index is 0.374. The van der Waals surface area contributed by atoms with Gasteiger partial charge in [0.1, 0.15) is 6.07 Å². The molecule has 2 aliphatic heterocycles. The molecule has 3 rings (SSSR count). The fourth-order valence-corrected chi connectivity index (χ4v) is 3.58. The van der Waals surface area contributed by atoms with E-state index in [1.807, 2.05) is 11.8 Å². The van der Waals surface area contributed by atoms with E-state index >= 15 is 0 Å². The molecule has 7 nitrogen and oxygen atoms in total. The van der Waals surface area contributed by atoms with Crippen molar-refractivity contribution in [3.8, 4) is 11.9 Å². The Morgan fingerprint density at radius 1 is 1.14 bits per heavy atom. The van der Waals surface area contributed by atoms with Gasteiger partial charge in [0.25, 0.3) is 0 Å². The first-order chi connectivity index (χ1) is 10.8. The van der Waals surface area contributed by atoms with E-state index in [-0.39, 0.29) is 0 Å². The molecule has 1 N–H and O–H groups in total. The summed E-state index contributed by atoms with van der Waals surface area (Å²) < 4.78 is 5.35. The highest BCUT2D eigenvalue weighted by Crippen LogP contribution is 2.29. The molecule has 2 saturated heterocycles. The second-order valence-corrected chi connectivity index (χ2v) is 6.40. The van der Waals surface area contributed by atoms with Crippen LogP contribution in [0.15, 0.2) is 0 Å². The van der Waals surface area contributed by atoms with E-state index in [0.717, 1.165) is 50.8 Å². The maximum Gasteiger partial charge on any atom is 0.238 e. The zero-order valence-corrected chi connectivity index (χ0v) is 13.5. The van der Waals surface area contributed by atoms with Crippen LogP contribution in [0.1, 0.15) is 5.56 Å². The molecule has 2 fully saturated rings. The van der Waals surface area contributed by atoms with E-state index in [9.17, 15) is 5.26 Å². The number of nitrogens with one attached hydrogen (secondary N) is 1. The van der Waals surface area contributed by atoms with E-state index in [2.05, 4.69) is 26.2 Å². The molecule has 0 aromatic carbocycles. The highest BCUT2D eigenvalue weighted by Gasteiger charge is 2.24. The number of thioether (sulfide) groups is 1. The molecule has 0 unspecified atom stereocenters. The van der Waals surface area contributed by atoms with Crippen LogP contribution in [-0.4, -0.2) is 67.9 Å². The SMILES string of the molecule is COc1nc(N2CCSCC2)nc(N2CCNCC2)c1C#N. The fraction of sp³-hybridized carbons (Fsp3) is 0.643. The van der Waals surface area contributed by atoms with Crippen LogP contribution in [0.2, 0.25) is 0 Å². The Balaban J connectivity index is 1.99. The van der Waals surface area contributed by atoms with Crippen molar-refractivity contribution in [2.75, 3.05) is 67.7 Å². The first kappa shape index (κ1) is 15.2. The van der Waals surface area contributed by atoms with Crippen LogP contribution in [0, 0.1) is 11.3 Å². The van der Waals surface area contributed by atoms with Crippen LogP contribution >= 0.6 is 11.8 Å². The van der Waals surface area contributed by atoms with Gasteiger partial charge in [0.05, 0.1) is 7.11 Å². The number of piperazine rings is 1. The number of rotatable bonds is 3. The Kier molecular flexibility index (Phi) is 4.85. The molecule has 0 spiro atoms. The molecule has 0 saturated carbocycles. The molecule has 22 heavy (non-hydrogen) atoms. The Morgan fingerprint density at radius 2 is 1.86 bits per heavy atom. The lowest BCUT2D eigenvalue weighted by atomic mass is 10.2. The Morgan fingerprint density at radius 3 is 2.50 bits per heavy atom. The summed E-state index contributed by atoms with van der Waals surface area (Å²) in [4.78, 5) is 13.5. The van der Waals surface area contributed by atoms with Gasteiger partial charge in [0, 0.05) is 50.8 Å². The maximum absolute atomic E-state index is 9.49. The Labute approximate surface area is 134 Å². The molecule has 3 heterocycles. The summed E-state index contributed by atoms with van der Waals surface area (Å²) in [5.41, 5.74) is 0.430. The quantitative estimate of drug-likeness (QED) is 0.853. The lowest BCUT2D eigenvalue weighted by Gasteiger charge is -2.31. The number of aromatic nitrogens is 2. The number of methoxy groups -OCH3 is 1. The van der Waals surface area contributed by atoms with Gasteiger partial charge in [-0.1, -0.05) is 0 Å². The highest BCUT2D eigenvalue weighted by atomic mass is 32.2. The van der Waals surface area contributed by atoms with Crippen molar-refractivity contribution in [1.82, 2.24) is 15.3 Å². The number of anilines is 2. The third kappa shape index (κ3) is 3.05. The average Bonchev–Trinajstić information content (AvgIpc) is 2.62. The van der Waals surface area contributed by atoms with Crippen molar-refractivity contribution in [1.29, 1.82) is 5.26 Å². The van der Waals surface area contributed by atoms with Crippen molar-refractivity contribution < 1.29 is 4.74 Å². The van der Waals surface area contributed by atoms with Crippen molar-refractivity contribution in [2.45, 2.75) is 0 Å². The van der Waals surface area contributed by atoms with E-state index < -0.39 is 0 Å². The molecule has 0 aliphatic carbocycles. The molecule has 8 heteroatoms. The molecule has 2 aliphatic rings. The van der Waals surface area contributed by atoms with E-state index in [1.54, 1.807) is 7.11 Å². The topological polar surface area (TPSA) is 77.3 Å². The summed E-state index contributed by atoms with van der Waals surface area (Å²) in [6.45, 7) is 5.33. The highest BCUT2D eigenvalue weighted by molar-refractivity contribution is 7.99. The predicted molar refractivity (Wildman–Crippen MR) is 87.9 cm³/mol. The second kappa shape index (κ2) is 7.03. The Bertz CT molecular complexity index is 563. The lowest BCUT2D eigenvalue weighted by Crippen LogP contribution is -2.44. The van der Waals surface area contributed by atoms with Crippen LogP contribution in [0.4, 0.5) is 11.8 Å². The molecule has 0 amide bonds. The molecule has 118 valence electrons. The van der Waals surface area contributed by atoms with Crippen molar-refractivity contribution in [3.63, 3.8) is 0 Å². The molecular weight excluding hydrogens is 300 g/mol. The number of nitrogens with zero attached hydrogens (tertiary/aromatic N) is 5. The first-order valence-corrected chi connectivity index (χ1v) is 8.63. The summed E-state index contributed by atoms with van der Waals surface area (Å²) in [5, 5.41) is 12.8. The normalized spacial score (nSPS) is 18.9. The smallest absolute Gasteiger partial charge is 0.238 e. The number of hydrogen-bond donors (Lipinski definition) is 1. The van der Waals surface area contributed by atoms with Gasteiger partial charge in [-0.25, -0.2) is 0 Å². The summed E-state index contributed by atoms with van der Waals surface area (Å²) >= 11 is 1.94. The van der Waals surface area contributed by atoms with Gasteiger partial charge in [0.2, 0.25) is 11.8 Å². The van der Waals surface area contributed by atoms with Crippen molar-refractivity contribution in [3.05, 3.63) is 5.56 Å². The molecule has 1 aromatic heterocycles. The van der Waals surface area contributed by atoms with Gasteiger partial charge in [-0.3, -0.25) is 0 Å². The van der Waals surface area contributed by atoms with Crippen LogP contribution in [0.3, 0.4) is 0 Å². The van der Waals surface area contributed by atoms with Crippen molar-refractivity contribution >= 4 is 23.5 Å². The summed E-state index contributed by atoms with van der Waals surface area (Å²) in [6.07, 6.45) is 0. The standard InChI is InChI=1S/C14H20N6OS/c1-21-13-11(10-15)12(19-4-2-16-3-5-19)17-14(18-13)20-6-8-22-9-7-20/h16H,2-9H2,1H3. The van der Waals surface area contributed by atoms with E-state index in [0.29, 0.717) is 23.2 Å². The van der Waals surface area contributed by atoms with Crippen LogP contribution in [0.5, 0.6) is 5.88 Å². The first-order valence-electron chi connectivity index (χ1n) is 7.48. The summed E-state index contributed by atoms with van der Waals surface area (Å²) in [5.74, 6) is 3.90. The third-order valence-corrected chi connectivity index (χ3v) is 4.80. The zero-order valence-electron chi connectivity index (χ0n) is 12.7. The number of nitriles is 1. The number of hydrogen-bond acceptors (Lipinski definition) is 8. The molecule has 0 bridgehead atoms. The van der Waals surface area contributed by atoms with Crippen molar-refractivity contribution in [2.24, 2.45) is 0 Å². The maximum atomic E-state index is 9.49. The molecule has 1 aromatic rings. The van der Waals surface area contributed by atoms with Gasteiger partial charge in [-0.15, -0.1) is 0 Å². The molecule has 0 radical (unpaired) electrons. The lowest BCUT2D eigenvalue weighted by molar-refractivity contribution is 0.395. The largest absolute Gasteiger partial charge is 0.480 e. The summed E-state index contributed by atoms with van der Waals surface area (Å²) in [7, 11) is 1.56. The van der Waals surface area contributed by atoms with Gasteiger partial charge in [0.15, 0.2) is 11.4 Å². The Hall–Kier alpha value is -1.72. The van der Waals surface area contributed by atoms with E-state index in [4.69, 9.17) is 9.72 Å². The molecular formula is C14H20N6OS. The zero-order chi connectivity index (χ0) is 15.4. The van der Waals surface area contributed by atoms with Crippen LogP contribution in [-0.2, 0) is 0 Å². The van der Waals surface area contributed by atoms with Gasteiger partial charge >= 0.3 is 0 Å². The van der Waals surface area contributed by atoms with Gasteiger partial charge < -0.3 is 19.9 Å². The predicted octanol–water partition coefficient (Wildman–Crippen LogP) is 0.320. The third-order valence-electron chi connectivity index (χ3n) is 3.86. The number of ether oxygens (including phenoxy) is 1.